The number of aliphatic carboxylic acids is 1. The van der Waals surface area contributed by atoms with Gasteiger partial charge in [0.05, 0.1) is 55.4 Å². The number of carbonyl (C=O) groups is 1. The third kappa shape index (κ3) is 24.9. The van der Waals surface area contributed by atoms with Crippen molar-refractivity contribution in [2.24, 2.45) is 23.7 Å². The zero-order valence-electron chi connectivity index (χ0n) is 67.5. The van der Waals surface area contributed by atoms with E-state index in [-0.39, 0.29) is 57.1 Å². The molecule has 0 radical (unpaired) electrons. The van der Waals surface area contributed by atoms with Crippen LogP contribution in [0.4, 0.5) is 0 Å². The highest BCUT2D eigenvalue weighted by atomic mass is 28.4. The summed E-state index contributed by atoms with van der Waals surface area (Å²) < 4.78 is 74.7. The van der Waals surface area contributed by atoms with E-state index in [4.69, 9.17) is 60.6 Å². The smallest absolute Gasteiger partial charge is 0.331 e. The maximum Gasteiger partial charge on any atom is 0.331 e. The fraction of sp³-hybridized carbons (Fsp3) is 0.853. The van der Waals surface area contributed by atoms with Crippen LogP contribution in [0.2, 0.25) is 90.7 Å². The van der Waals surface area contributed by atoms with Crippen LogP contribution in [-0.2, 0) is 65.4 Å². The number of hydrogen-bond acceptors (Lipinski definition) is 16. The third-order valence-electron chi connectivity index (χ3n) is 23.3. The van der Waals surface area contributed by atoms with Crippen molar-refractivity contribution in [3.8, 4) is 0 Å². The first-order valence-electron chi connectivity index (χ1n) is 36.8. The number of methoxy groups -OCH3 is 4. The molecule has 0 aliphatic carbocycles. The Morgan fingerprint density at radius 1 is 0.649 bits per heavy atom. The molecular weight excluding hydrogens is 1310 g/mol. The molecule has 568 valence electrons. The summed E-state index contributed by atoms with van der Waals surface area (Å²) >= 11 is 0. The molecule has 17 nitrogen and oxygen atoms in total. The van der Waals surface area contributed by atoms with E-state index in [0.717, 1.165) is 53.0 Å². The van der Waals surface area contributed by atoms with E-state index >= 15 is 0 Å². The van der Waals surface area contributed by atoms with Crippen LogP contribution in [0.25, 0.3) is 0 Å². The molecule has 0 amide bonds. The summed E-state index contributed by atoms with van der Waals surface area (Å²) in [5.74, 6) is -3.73. The van der Waals surface area contributed by atoms with Gasteiger partial charge in [-0.25, -0.2) is 14.6 Å². The van der Waals surface area contributed by atoms with Gasteiger partial charge in [0.15, 0.2) is 37.2 Å². The summed E-state index contributed by atoms with van der Waals surface area (Å²) in [5.41, 5.74) is 3.00. The van der Waals surface area contributed by atoms with Gasteiger partial charge in [-0.2, -0.15) is 0 Å². The molecule has 2 aliphatic rings. The van der Waals surface area contributed by atoms with Crippen LogP contribution in [0.3, 0.4) is 0 Å². The van der Waals surface area contributed by atoms with Crippen LogP contribution in [0.1, 0.15) is 185 Å². The molecule has 0 bridgehead atoms. The van der Waals surface area contributed by atoms with E-state index in [9.17, 15) is 20.1 Å². The molecule has 2 heterocycles. The Kier molecular flexibility index (Phi) is 37.0. The van der Waals surface area contributed by atoms with Gasteiger partial charge in [-0.15, -0.1) is 0 Å². The first-order chi connectivity index (χ1) is 44.6. The Morgan fingerprint density at radius 3 is 1.62 bits per heavy atom. The molecule has 6 unspecified atom stereocenters. The standard InChI is InChI=1S/C75H146O17Si5/c1-34-96(35-2,36-3)88-59(50-80-24)48-63-56(12)65(90-97(37-4,38-5)39-6)57(13)75(83-27,85-63)70(77)61(76)49-64(81-25)62(89-93(28,29)72(15,16)17)42-40-41-51(7)43-44-60(54(10)46-52(8)45-53(9)47-55(11)71(78)79)67-69(87-92-95(32,33)74(21,22)23)68(66(82-26)58(14)84-67)86-91-94(30,31)73(18,19)20/h41,43-47,54,56-70,76-77H,34-40,42,48-50H2,1-33H3,(H,78,79)/b44-43+,51-41+,52-46+,53-45+,55-47+/t54?,56-,57+,58-,59+,60?,61?,62?,63+,64?,65-,66-,67-,68+,69+,70?,75+/m0/s1. The number of aliphatic hydroxyl groups excluding tert-OH is 2. The van der Waals surface area contributed by atoms with Crippen LogP contribution >= 0.6 is 0 Å². The van der Waals surface area contributed by atoms with Crippen molar-refractivity contribution in [3.05, 3.63) is 58.7 Å². The lowest BCUT2D eigenvalue weighted by molar-refractivity contribution is -0.393. The Hall–Kier alpha value is -1.35. The maximum atomic E-state index is 13.0. The second-order valence-corrected chi connectivity index (χ2v) is 56.8. The molecule has 22 heteroatoms. The molecule has 0 aromatic heterocycles. The molecule has 0 aromatic rings. The van der Waals surface area contributed by atoms with Crippen LogP contribution in [0.15, 0.2) is 58.7 Å². The Balaban J connectivity index is 2.92. The summed E-state index contributed by atoms with van der Waals surface area (Å²) in [6, 6.07) is 5.80. The van der Waals surface area contributed by atoms with Crippen LogP contribution in [0, 0.1) is 23.7 Å². The van der Waals surface area contributed by atoms with Crippen molar-refractivity contribution in [1.29, 1.82) is 0 Å². The molecule has 2 rings (SSSR count). The molecule has 0 spiro atoms. The molecule has 2 aliphatic heterocycles. The molecule has 0 saturated carbocycles. The van der Waals surface area contributed by atoms with Crippen molar-refractivity contribution < 1.29 is 80.7 Å². The number of carboxylic acids is 1. The van der Waals surface area contributed by atoms with Gasteiger partial charge in [0.1, 0.15) is 12.2 Å². The first-order valence-corrected chi connectivity index (χ1v) is 50.6. The van der Waals surface area contributed by atoms with Crippen molar-refractivity contribution in [2.45, 2.75) is 355 Å². The Morgan fingerprint density at radius 2 is 1.16 bits per heavy atom. The number of rotatable bonds is 41. The molecule has 2 saturated heterocycles. The predicted octanol–water partition coefficient (Wildman–Crippen LogP) is 18.2. The van der Waals surface area contributed by atoms with Crippen molar-refractivity contribution in [1.82, 2.24) is 0 Å². The predicted molar refractivity (Wildman–Crippen MR) is 408 cm³/mol. The van der Waals surface area contributed by atoms with E-state index in [2.05, 4.69) is 188 Å². The monoisotopic (exact) mass is 1460 g/mol. The molecule has 17 atom stereocenters. The van der Waals surface area contributed by atoms with Crippen LogP contribution < -0.4 is 0 Å². The SMILES string of the molecule is CC[Si](CC)(CC)O[C@@H](COC)C[C@H]1O[C@@](OC)(C(O)C(O)CC(OC)C(CC/C=C(C)/C=C/C(C(C)/C=C(C)/C=C(C)/C=C(\C)C(=O)O)[C@@H]2O[C@@H](C)[C@H](OC)[C@@H](OO[Si](C)(C)C(C)(C)C)[C@@H]2OO[Si](C)(C)C(C)(C)C)O[Si](C)(C)C(C)(C)C)[C@H](C)[C@@H](O[Si](CC)(CC)CC)[C@H]1C. The zero-order chi connectivity index (χ0) is 74.8. The van der Waals surface area contributed by atoms with E-state index in [0.29, 0.717) is 25.9 Å². The van der Waals surface area contributed by atoms with Gasteiger partial charge in [0.25, 0.3) is 0 Å². The fourth-order valence-electron chi connectivity index (χ4n) is 12.9. The minimum absolute atomic E-state index is 0.0332. The molecule has 0 aromatic carbocycles. The average molecular weight is 1460 g/mol. The van der Waals surface area contributed by atoms with Gasteiger partial charge >= 0.3 is 5.97 Å². The third-order valence-corrected chi connectivity index (χ3v) is 45.4. The second kappa shape index (κ2) is 39.1. The van der Waals surface area contributed by atoms with Gasteiger partial charge in [-0.05, 0) is 150 Å². The van der Waals surface area contributed by atoms with Crippen molar-refractivity contribution in [3.63, 3.8) is 0 Å². The Labute approximate surface area is 597 Å². The highest BCUT2D eigenvalue weighted by Crippen LogP contribution is 2.48. The van der Waals surface area contributed by atoms with E-state index in [1.54, 1.807) is 41.4 Å². The maximum absolute atomic E-state index is 13.0. The molecular formula is C75H146O17Si5. The lowest BCUT2D eigenvalue weighted by atomic mass is 9.76. The topological polar surface area (TPSA) is 198 Å². The highest BCUT2D eigenvalue weighted by Gasteiger charge is 2.60. The number of carboxylic acid groups (broad SMARTS) is 1. The highest BCUT2D eigenvalue weighted by molar-refractivity contribution is 6.75. The van der Waals surface area contributed by atoms with Gasteiger partial charge < -0.3 is 57.0 Å². The molecule has 3 N–H and O–H groups in total. The van der Waals surface area contributed by atoms with E-state index < -0.39 is 120 Å². The number of ether oxygens (including phenoxy) is 6. The first kappa shape index (κ1) is 91.7. The average Bonchev–Trinajstić information content (AvgIpc) is 0.747. The quantitative estimate of drug-likeness (QED) is 0.0172. The minimum Gasteiger partial charge on any atom is -0.478 e. The van der Waals surface area contributed by atoms with Gasteiger partial charge in [-0.1, -0.05) is 172 Å². The van der Waals surface area contributed by atoms with Gasteiger partial charge in [0.2, 0.25) is 22.4 Å². The second-order valence-electron chi connectivity index (χ2n) is 33.2. The van der Waals surface area contributed by atoms with Gasteiger partial charge in [-0.3, -0.25) is 9.15 Å². The number of hydrogen-bond donors (Lipinski definition) is 3. The largest absolute Gasteiger partial charge is 0.478 e. The van der Waals surface area contributed by atoms with E-state index in [1.165, 1.54) is 0 Å². The summed E-state index contributed by atoms with van der Waals surface area (Å²) in [6.07, 6.45) is 5.77. The van der Waals surface area contributed by atoms with Crippen LogP contribution in [0.5, 0.6) is 0 Å². The summed E-state index contributed by atoms with van der Waals surface area (Å²) in [6.45, 7) is 62.5. The normalized spacial score (nSPS) is 26.9. The number of allylic oxidation sites excluding steroid dienone is 8. The van der Waals surface area contributed by atoms with Crippen molar-refractivity contribution >= 4 is 47.6 Å². The molecule has 2 fully saturated rings. The lowest BCUT2D eigenvalue weighted by Crippen LogP contribution is -2.68. The van der Waals surface area contributed by atoms with Crippen LogP contribution in [-0.4, -0.2) is 177 Å². The Bertz CT molecular complexity index is 2490. The van der Waals surface area contributed by atoms with E-state index in [1.807, 2.05) is 33.8 Å². The minimum atomic E-state index is -2.54. The number of aliphatic hydroxyl groups is 2. The summed E-state index contributed by atoms with van der Waals surface area (Å²) in [7, 11) is -5.26. The van der Waals surface area contributed by atoms with Crippen molar-refractivity contribution in [2.75, 3.05) is 35.0 Å². The fourth-order valence-corrected chi connectivity index (χ4v) is 21.4. The summed E-state index contributed by atoms with van der Waals surface area (Å²) in [4.78, 5) is 25.4. The summed E-state index contributed by atoms with van der Waals surface area (Å²) in [5, 5.41) is 34.9. The molecule has 97 heavy (non-hydrogen) atoms. The lowest BCUT2D eigenvalue weighted by Gasteiger charge is -2.55. The zero-order valence-corrected chi connectivity index (χ0v) is 72.5. The van der Waals surface area contributed by atoms with Gasteiger partial charge in [0, 0.05) is 64.6 Å².